The van der Waals surface area contributed by atoms with Crippen molar-refractivity contribution in [2.24, 2.45) is 0 Å². The summed E-state index contributed by atoms with van der Waals surface area (Å²) in [5, 5.41) is 8.96. The zero-order valence-electron chi connectivity index (χ0n) is 15.2. The molecule has 0 amide bonds. The molecule has 1 N–H and O–H groups in total. The van der Waals surface area contributed by atoms with Gasteiger partial charge in [0.1, 0.15) is 10.2 Å². The van der Waals surface area contributed by atoms with Crippen molar-refractivity contribution < 1.29 is 23.4 Å². The van der Waals surface area contributed by atoms with E-state index < -0.39 is 17.6 Å². The number of halogens is 3. The van der Waals surface area contributed by atoms with Gasteiger partial charge in [0.25, 0.3) is 5.56 Å². The van der Waals surface area contributed by atoms with Gasteiger partial charge in [-0.1, -0.05) is 30.3 Å². The molecule has 0 bridgehead atoms. The lowest BCUT2D eigenvalue weighted by atomic mass is 10.1. The van der Waals surface area contributed by atoms with Crippen LogP contribution < -0.4 is 10.3 Å². The van der Waals surface area contributed by atoms with E-state index in [1.807, 2.05) is 0 Å². The Balaban J connectivity index is 1.90. The third kappa shape index (κ3) is 4.54. The van der Waals surface area contributed by atoms with Crippen molar-refractivity contribution in [3.63, 3.8) is 0 Å². The van der Waals surface area contributed by atoms with Crippen molar-refractivity contribution in [1.29, 1.82) is 0 Å². The highest BCUT2D eigenvalue weighted by molar-refractivity contribution is 9.10. The molecule has 0 spiro atoms. The van der Waals surface area contributed by atoms with Crippen LogP contribution in [0.15, 0.2) is 69.9 Å². The maximum Gasteiger partial charge on any atom is 0.426 e. The number of aromatic carboxylic acids is 1. The first-order valence-electron chi connectivity index (χ1n) is 8.53. The standard InChI is InChI=1S/C21H16BrF2NO4/c1-13-11-17(29-21(23,24)16-5-3-2-4-6-16)18(22)19(26)25(13)12-14-7-9-15(10-8-14)20(27)28/h2-11H,12H2,1H3,(H,27,28). The molecule has 150 valence electrons. The minimum atomic E-state index is -3.61. The Kier molecular flexibility index (Phi) is 5.83. The van der Waals surface area contributed by atoms with Crippen molar-refractivity contribution in [3.05, 3.63) is 97.9 Å². The lowest BCUT2D eigenvalue weighted by Gasteiger charge is -2.20. The molecule has 3 aromatic rings. The summed E-state index contributed by atoms with van der Waals surface area (Å²) in [5.41, 5.74) is 0.374. The molecular weight excluding hydrogens is 448 g/mol. The number of hydrogen-bond donors (Lipinski definition) is 1. The average molecular weight is 464 g/mol. The largest absolute Gasteiger partial charge is 0.478 e. The first-order chi connectivity index (χ1) is 13.7. The molecule has 0 fully saturated rings. The number of aryl methyl sites for hydroxylation is 1. The third-order valence-electron chi connectivity index (χ3n) is 4.30. The molecule has 1 heterocycles. The Morgan fingerprint density at radius 3 is 2.34 bits per heavy atom. The highest BCUT2D eigenvalue weighted by atomic mass is 79.9. The Morgan fingerprint density at radius 2 is 1.76 bits per heavy atom. The number of ether oxygens (including phenoxy) is 1. The van der Waals surface area contributed by atoms with Crippen molar-refractivity contribution in [2.75, 3.05) is 0 Å². The molecule has 3 rings (SSSR count). The molecule has 2 aromatic carbocycles. The van der Waals surface area contributed by atoms with E-state index in [9.17, 15) is 18.4 Å². The van der Waals surface area contributed by atoms with E-state index in [1.165, 1.54) is 47.0 Å². The summed E-state index contributed by atoms with van der Waals surface area (Å²) in [4.78, 5) is 23.7. The van der Waals surface area contributed by atoms with Crippen LogP contribution in [0.3, 0.4) is 0 Å². The van der Waals surface area contributed by atoms with Gasteiger partial charge in [-0.25, -0.2) is 4.79 Å². The maximum absolute atomic E-state index is 14.4. The highest BCUT2D eigenvalue weighted by Crippen LogP contribution is 2.34. The normalized spacial score (nSPS) is 11.3. The Hall–Kier alpha value is -3.00. The number of hydrogen-bond acceptors (Lipinski definition) is 3. The van der Waals surface area contributed by atoms with Gasteiger partial charge in [0.15, 0.2) is 0 Å². The molecule has 0 aliphatic rings. The van der Waals surface area contributed by atoms with E-state index in [4.69, 9.17) is 9.84 Å². The van der Waals surface area contributed by atoms with Gasteiger partial charge >= 0.3 is 12.1 Å². The van der Waals surface area contributed by atoms with Crippen LogP contribution >= 0.6 is 15.9 Å². The zero-order chi connectivity index (χ0) is 21.2. The summed E-state index contributed by atoms with van der Waals surface area (Å²) in [6.45, 7) is 1.76. The molecule has 0 aliphatic carbocycles. The second-order valence-corrected chi connectivity index (χ2v) is 7.14. The van der Waals surface area contributed by atoms with Crippen LogP contribution in [-0.4, -0.2) is 15.6 Å². The number of aromatic nitrogens is 1. The van der Waals surface area contributed by atoms with E-state index in [1.54, 1.807) is 25.1 Å². The predicted octanol–water partition coefficient (Wildman–Crippen LogP) is 4.79. The predicted molar refractivity (Wildman–Crippen MR) is 107 cm³/mol. The van der Waals surface area contributed by atoms with Gasteiger partial charge in [-0.15, -0.1) is 0 Å². The second-order valence-electron chi connectivity index (χ2n) is 6.34. The van der Waals surface area contributed by atoms with Gasteiger partial charge in [0, 0.05) is 11.8 Å². The molecule has 1 aromatic heterocycles. The first kappa shape index (κ1) is 20.7. The summed E-state index contributed by atoms with van der Waals surface area (Å²) >= 11 is 3.07. The number of benzene rings is 2. The second kappa shape index (κ2) is 8.16. The quantitative estimate of drug-likeness (QED) is 0.570. The van der Waals surface area contributed by atoms with Crippen LogP contribution in [0.5, 0.6) is 5.75 Å². The molecule has 0 aliphatic heterocycles. The molecule has 0 radical (unpaired) electrons. The smallest absolute Gasteiger partial charge is 0.426 e. The fourth-order valence-electron chi connectivity index (χ4n) is 2.75. The fourth-order valence-corrected chi connectivity index (χ4v) is 3.16. The van der Waals surface area contributed by atoms with Crippen molar-refractivity contribution in [2.45, 2.75) is 19.6 Å². The van der Waals surface area contributed by atoms with Gasteiger partial charge < -0.3 is 14.4 Å². The number of rotatable bonds is 6. The van der Waals surface area contributed by atoms with Gasteiger partial charge in [0.2, 0.25) is 0 Å². The molecule has 0 saturated heterocycles. The number of carboxylic acid groups (broad SMARTS) is 1. The van der Waals surface area contributed by atoms with Crippen LogP contribution in [0.4, 0.5) is 8.78 Å². The third-order valence-corrected chi connectivity index (χ3v) is 5.03. The van der Waals surface area contributed by atoms with E-state index in [0.717, 1.165) is 0 Å². The monoisotopic (exact) mass is 463 g/mol. The molecule has 29 heavy (non-hydrogen) atoms. The number of carbonyl (C=O) groups is 1. The number of nitrogens with zero attached hydrogens (tertiary/aromatic N) is 1. The number of pyridine rings is 1. The molecule has 5 nitrogen and oxygen atoms in total. The molecule has 8 heteroatoms. The van der Waals surface area contributed by atoms with Crippen molar-refractivity contribution in [3.8, 4) is 5.75 Å². The summed E-state index contributed by atoms with van der Waals surface area (Å²) in [7, 11) is 0. The van der Waals surface area contributed by atoms with Crippen LogP contribution in [0.1, 0.15) is 27.2 Å². The van der Waals surface area contributed by atoms with Gasteiger partial charge in [-0.3, -0.25) is 4.79 Å². The van der Waals surface area contributed by atoms with Gasteiger partial charge in [0.05, 0.1) is 17.7 Å². The summed E-state index contributed by atoms with van der Waals surface area (Å²) < 4.78 is 35.0. The van der Waals surface area contributed by atoms with Crippen molar-refractivity contribution in [1.82, 2.24) is 4.57 Å². The lowest BCUT2D eigenvalue weighted by Crippen LogP contribution is -2.27. The van der Waals surface area contributed by atoms with E-state index >= 15 is 0 Å². The summed E-state index contributed by atoms with van der Waals surface area (Å²) in [6, 6.07) is 14.5. The molecule has 0 unspecified atom stereocenters. The highest BCUT2D eigenvalue weighted by Gasteiger charge is 2.35. The maximum atomic E-state index is 14.4. The van der Waals surface area contributed by atoms with E-state index in [-0.39, 0.29) is 27.9 Å². The molecule has 0 saturated carbocycles. The van der Waals surface area contributed by atoms with Gasteiger partial charge in [-0.2, -0.15) is 8.78 Å². The van der Waals surface area contributed by atoms with Crippen molar-refractivity contribution >= 4 is 21.9 Å². The minimum absolute atomic E-state index is 0.124. The number of alkyl halides is 2. The van der Waals surface area contributed by atoms with Crippen LogP contribution in [0.25, 0.3) is 0 Å². The molecular formula is C21H16BrF2NO4. The Morgan fingerprint density at radius 1 is 1.14 bits per heavy atom. The van der Waals surface area contributed by atoms with E-state index in [0.29, 0.717) is 11.3 Å². The van der Waals surface area contributed by atoms with Gasteiger partial charge in [-0.05, 0) is 52.7 Å². The minimum Gasteiger partial charge on any atom is -0.478 e. The summed E-state index contributed by atoms with van der Waals surface area (Å²) in [6.07, 6.45) is -3.61. The lowest BCUT2D eigenvalue weighted by molar-refractivity contribution is -0.186. The Bertz CT molecular complexity index is 1100. The SMILES string of the molecule is Cc1cc(OC(F)(F)c2ccccc2)c(Br)c(=O)n1Cc1ccc(C(=O)O)cc1. The van der Waals surface area contributed by atoms with Crippen LogP contribution in [0, 0.1) is 6.92 Å². The average Bonchev–Trinajstić information content (AvgIpc) is 2.70. The van der Waals surface area contributed by atoms with Crippen LogP contribution in [0.2, 0.25) is 0 Å². The number of carboxylic acids is 1. The topological polar surface area (TPSA) is 68.5 Å². The van der Waals surface area contributed by atoms with Crippen LogP contribution in [-0.2, 0) is 12.7 Å². The van der Waals surface area contributed by atoms with E-state index in [2.05, 4.69) is 15.9 Å². The summed E-state index contributed by atoms with van der Waals surface area (Å²) in [5.74, 6) is -1.31. The first-order valence-corrected chi connectivity index (χ1v) is 9.33. The fraction of sp³-hybridized carbons (Fsp3) is 0.143. The zero-order valence-corrected chi connectivity index (χ0v) is 16.8. The molecule has 0 atom stereocenters. The Labute approximate surface area is 173 Å².